The van der Waals surface area contributed by atoms with Crippen molar-refractivity contribution in [2.45, 2.75) is 45.7 Å². The van der Waals surface area contributed by atoms with E-state index in [1.807, 2.05) is 33.8 Å². The van der Waals surface area contributed by atoms with Crippen molar-refractivity contribution in [2.24, 2.45) is 10.8 Å². The molecule has 3 aromatic rings. The highest BCUT2D eigenvalue weighted by molar-refractivity contribution is 6.05. The lowest BCUT2D eigenvalue weighted by molar-refractivity contribution is 0.102. The minimum atomic E-state index is -0.977. The zero-order valence-corrected chi connectivity index (χ0v) is 21.8. The highest BCUT2D eigenvalue weighted by atomic mass is 19.1. The number of para-hydroxylation sites is 1. The molecule has 0 bridgehead atoms. The molecule has 1 aliphatic rings. The molecule has 0 unspecified atom stereocenters. The second kappa shape index (κ2) is 10.3. The van der Waals surface area contributed by atoms with E-state index < -0.39 is 34.3 Å². The second-order valence-electron chi connectivity index (χ2n) is 10.0. The average Bonchev–Trinajstić information content (AvgIpc) is 3.20. The fraction of sp³-hybridized carbons (Fsp3) is 0.333. The third-order valence-electron chi connectivity index (χ3n) is 6.54. The van der Waals surface area contributed by atoms with Crippen molar-refractivity contribution < 1.29 is 13.6 Å². The topological polar surface area (TPSA) is 109 Å². The summed E-state index contributed by atoms with van der Waals surface area (Å²) in [5, 5.41) is 12.8. The first-order valence-electron chi connectivity index (χ1n) is 12.2. The summed E-state index contributed by atoms with van der Waals surface area (Å²) in [6, 6.07) is 9.09. The summed E-state index contributed by atoms with van der Waals surface area (Å²) in [6.07, 6.45) is 0.762. The van der Waals surface area contributed by atoms with Crippen LogP contribution in [-0.2, 0) is 0 Å². The van der Waals surface area contributed by atoms with Crippen molar-refractivity contribution in [3.8, 4) is 5.69 Å². The van der Waals surface area contributed by atoms with Gasteiger partial charge in [-0.3, -0.25) is 14.6 Å². The number of nitrogens with zero attached hydrogens (tertiary/aromatic N) is 5. The van der Waals surface area contributed by atoms with Crippen LogP contribution in [0.4, 0.5) is 25.8 Å². The monoisotopic (exact) mass is 523 g/mol. The van der Waals surface area contributed by atoms with E-state index in [-0.39, 0.29) is 11.7 Å². The normalized spacial score (nSPS) is 17.1. The smallest absolute Gasteiger partial charge is 0.276 e. The van der Waals surface area contributed by atoms with Crippen LogP contribution in [0.1, 0.15) is 43.2 Å². The first kappa shape index (κ1) is 26.9. The number of hydrogen-bond donors (Lipinski definition) is 2. The third-order valence-corrected chi connectivity index (χ3v) is 6.54. The number of hydrazone groups is 1. The lowest BCUT2D eigenvalue weighted by Gasteiger charge is -2.31. The number of aromatic nitrogens is 2. The molecule has 1 aromatic heterocycles. The van der Waals surface area contributed by atoms with Crippen molar-refractivity contribution in [2.75, 3.05) is 28.3 Å². The van der Waals surface area contributed by atoms with Crippen LogP contribution in [0.2, 0.25) is 0 Å². The Balaban J connectivity index is 1.76. The molecule has 38 heavy (non-hydrogen) atoms. The lowest BCUT2D eigenvalue weighted by Crippen LogP contribution is -2.39. The summed E-state index contributed by atoms with van der Waals surface area (Å²) < 4.78 is 29.2. The lowest BCUT2D eigenvalue weighted by atomic mass is 10.0. The number of amides is 1. The summed E-state index contributed by atoms with van der Waals surface area (Å²) in [5.74, 6) is -2.61. The Kier molecular flexibility index (Phi) is 7.32. The maximum Gasteiger partial charge on any atom is 0.276 e. The number of nitrogens with two attached hydrogens (primary N) is 1. The van der Waals surface area contributed by atoms with E-state index >= 15 is 0 Å². The SMILES string of the molecule is C=NN(c1ccc(NC(=O)c2ccc(=O)n(-c3c(F)cccc3F)n2)c(N2CC[C@@](C)(N)C2)c1C)C(C)C. The van der Waals surface area contributed by atoms with Gasteiger partial charge >= 0.3 is 0 Å². The number of nitrogens with one attached hydrogen (secondary N) is 1. The van der Waals surface area contributed by atoms with Crippen LogP contribution in [0.3, 0.4) is 0 Å². The second-order valence-corrected chi connectivity index (χ2v) is 10.0. The first-order chi connectivity index (χ1) is 17.9. The van der Waals surface area contributed by atoms with Gasteiger partial charge in [0.15, 0.2) is 11.6 Å². The summed E-state index contributed by atoms with van der Waals surface area (Å²) in [7, 11) is 0. The summed E-state index contributed by atoms with van der Waals surface area (Å²) in [4.78, 5) is 27.8. The van der Waals surface area contributed by atoms with Crippen molar-refractivity contribution in [3.05, 3.63) is 75.7 Å². The predicted molar refractivity (Wildman–Crippen MR) is 145 cm³/mol. The number of anilines is 3. The Bertz CT molecular complexity index is 1430. The minimum absolute atomic E-state index is 0.0434. The molecular weight excluding hydrogens is 492 g/mol. The standard InChI is InChI=1S/C27H31F2N7O2/c1-16(2)35(31-5)22-11-9-20(24(17(22)3)34-14-13-27(4,30)15-34)32-26(38)21-10-12-23(37)36(33-21)25-18(28)7-6-8-19(25)29/h6-12,16H,5,13-15,30H2,1-4H3,(H,32,38)/t27-/m1/s1. The Morgan fingerprint density at radius 3 is 2.45 bits per heavy atom. The number of hydrogen-bond acceptors (Lipinski definition) is 7. The van der Waals surface area contributed by atoms with Gasteiger partial charge < -0.3 is 16.0 Å². The van der Waals surface area contributed by atoms with E-state index in [0.29, 0.717) is 23.5 Å². The number of halogens is 2. The van der Waals surface area contributed by atoms with Crippen LogP contribution in [0.5, 0.6) is 0 Å². The molecule has 9 nitrogen and oxygen atoms in total. The van der Waals surface area contributed by atoms with Gasteiger partial charge in [0.25, 0.3) is 11.5 Å². The van der Waals surface area contributed by atoms with Gasteiger partial charge in [0, 0.05) is 37.5 Å². The van der Waals surface area contributed by atoms with E-state index in [2.05, 4.69) is 27.1 Å². The van der Waals surface area contributed by atoms with Gasteiger partial charge in [0.1, 0.15) is 11.4 Å². The molecular formula is C27H31F2N7O2. The van der Waals surface area contributed by atoms with E-state index in [9.17, 15) is 18.4 Å². The molecule has 2 heterocycles. The molecule has 11 heteroatoms. The van der Waals surface area contributed by atoms with Gasteiger partial charge in [-0.05, 0) is 70.0 Å². The van der Waals surface area contributed by atoms with E-state index in [4.69, 9.17) is 5.73 Å². The Morgan fingerprint density at radius 1 is 1.18 bits per heavy atom. The van der Waals surface area contributed by atoms with E-state index in [1.165, 1.54) is 12.1 Å². The van der Waals surface area contributed by atoms with E-state index in [0.717, 1.165) is 41.6 Å². The number of rotatable bonds is 7. The van der Waals surface area contributed by atoms with Crippen molar-refractivity contribution >= 4 is 29.7 Å². The molecule has 1 aliphatic heterocycles. The molecule has 2 aromatic carbocycles. The zero-order chi connectivity index (χ0) is 27.8. The highest BCUT2D eigenvalue weighted by Gasteiger charge is 2.33. The fourth-order valence-corrected chi connectivity index (χ4v) is 4.71. The number of carbonyl (C=O) groups is 1. The predicted octanol–water partition coefficient (Wildman–Crippen LogP) is 3.83. The van der Waals surface area contributed by atoms with Gasteiger partial charge in [-0.1, -0.05) is 6.07 Å². The molecule has 0 saturated carbocycles. The minimum Gasteiger partial charge on any atom is -0.368 e. The Morgan fingerprint density at radius 2 is 1.87 bits per heavy atom. The molecule has 1 saturated heterocycles. The van der Waals surface area contributed by atoms with Gasteiger partial charge in [-0.25, -0.2) is 8.78 Å². The molecule has 0 radical (unpaired) electrons. The third kappa shape index (κ3) is 5.14. The van der Waals surface area contributed by atoms with Crippen LogP contribution in [0.25, 0.3) is 5.69 Å². The average molecular weight is 524 g/mol. The molecule has 4 rings (SSSR count). The number of carbonyl (C=O) groups excluding carboxylic acids is 1. The fourth-order valence-electron chi connectivity index (χ4n) is 4.71. The van der Waals surface area contributed by atoms with Crippen LogP contribution in [0, 0.1) is 18.6 Å². The summed E-state index contributed by atoms with van der Waals surface area (Å²) >= 11 is 0. The summed E-state index contributed by atoms with van der Waals surface area (Å²) in [6.45, 7) is 12.8. The largest absolute Gasteiger partial charge is 0.368 e. The Labute approximate surface area is 219 Å². The molecule has 1 atom stereocenters. The van der Waals surface area contributed by atoms with Crippen LogP contribution in [-0.4, -0.2) is 47.1 Å². The van der Waals surface area contributed by atoms with Crippen molar-refractivity contribution in [1.82, 2.24) is 9.78 Å². The van der Waals surface area contributed by atoms with Gasteiger partial charge in [0.2, 0.25) is 0 Å². The zero-order valence-electron chi connectivity index (χ0n) is 21.8. The molecule has 1 fully saturated rings. The quantitative estimate of drug-likeness (QED) is 0.360. The van der Waals surface area contributed by atoms with Crippen molar-refractivity contribution in [3.63, 3.8) is 0 Å². The van der Waals surface area contributed by atoms with Crippen LogP contribution >= 0.6 is 0 Å². The van der Waals surface area contributed by atoms with Crippen LogP contribution in [0.15, 0.2) is 52.4 Å². The molecule has 200 valence electrons. The molecule has 0 spiro atoms. The van der Waals surface area contributed by atoms with Gasteiger partial charge in [-0.2, -0.15) is 14.9 Å². The summed E-state index contributed by atoms with van der Waals surface area (Å²) in [5.41, 5.74) is 7.34. The van der Waals surface area contributed by atoms with Crippen LogP contribution < -0.4 is 26.5 Å². The first-order valence-corrected chi connectivity index (χ1v) is 12.2. The maximum atomic E-state index is 14.3. The maximum absolute atomic E-state index is 14.3. The van der Waals surface area contributed by atoms with Crippen molar-refractivity contribution in [1.29, 1.82) is 0 Å². The highest BCUT2D eigenvalue weighted by Crippen LogP contribution is 2.40. The molecule has 3 N–H and O–H groups in total. The van der Waals surface area contributed by atoms with Gasteiger partial charge in [-0.15, -0.1) is 0 Å². The molecule has 1 amide bonds. The molecule has 0 aliphatic carbocycles. The van der Waals surface area contributed by atoms with E-state index in [1.54, 1.807) is 11.1 Å². The Hall–Kier alpha value is -4.12. The van der Waals surface area contributed by atoms with Gasteiger partial charge in [0.05, 0.1) is 17.1 Å². The number of benzene rings is 2.